The lowest BCUT2D eigenvalue weighted by atomic mass is 10.4. The first-order valence-corrected chi connectivity index (χ1v) is 2.92. The van der Waals surface area contributed by atoms with Crippen molar-refractivity contribution in [2.24, 2.45) is 7.05 Å². The molecule has 1 N–H and O–H groups in total. The first kappa shape index (κ1) is 6.84. The van der Waals surface area contributed by atoms with Gasteiger partial charge in [-0.2, -0.15) is 5.10 Å². The Kier molecular flexibility index (Phi) is 2.08. The zero-order valence-electron chi connectivity index (χ0n) is 5.70. The molecule has 0 radical (unpaired) electrons. The Hall–Kier alpha value is -1.27. The van der Waals surface area contributed by atoms with Crippen LogP contribution in [0.15, 0.2) is 12.3 Å². The van der Waals surface area contributed by atoms with Crippen LogP contribution in [0.3, 0.4) is 0 Å². The molecule has 0 spiro atoms. The molecule has 0 fully saturated rings. The van der Waals surface area contributed by atoms with Gasteiger partial charge in [0.05, 0.1) is 6.20 Å². The molecule has 0 amide bonds. The average molecular weight is 136 g/mol. The zero-order chi connectivity index (χ0) is 7.40. The molecule has 0 aromatic carbocycles. The molecular formula is C7H8N2O. The normalized spacial score (nSPS) is 8.60. The first-order valence-electron chi connectivity index (χ1n) is 2.92. The maximum Gasteiger partial charge on any atom is 0.110 e. The molecule has 0 bridgehead atoms. The number of aliphatic hydroxyl groups excluding tert-OH is 1. The fourth-order valence-corrected chi connectivity index (χ4v) is 0.627. The van der Waals surface area contributed by atoms with Crippen LogP contribution < -0.4 is 0 Å². The summed E-state index contributed by atoms with van der Waals surface area (Å²) in [5.74, 6) is 5.28. The van der Waals surface area contributed by atoms with Gasteiger partial charge in [-0.05, 0) is 12.0 Å². The number of nitrogens with zero attached hydrogens (tertiary/aromatic N) is 2. The Bertz CT molecular complexity index is 267. The van der Waals surface area contributed by atoms with Gasteiger partial charge in [-0.15, -0.1) is 0 Å². The fourth-order valence-electron chi connectivity index (χ4n) is 0.627. The highest BCUT2D eigenvalue weighted by molar-refractivity contribution is 5.26. The minimum Gasteiger partial charge on any atom is -0.384 e. The minimum absolute atomic E-state index is 0.106. The SMILES string of the molecule is Cn1nccc1C#CCO. The summed E-state index contributed by atoms with van der Waals surface area (Å²) in [6.45, 7) is -0.106. The van der Waals surface area contributed by atoms with Crippen LogP contribution in [0.2, 0.25) is 0 Å². The van der Waals surface area contributed by atoms with Gasteiger partial charge in [0.25, 0.3) is 0 Å². The summed E-state index contributed by atoms with van der Waals surface area (Å²) in [4.78, 5) is 0. The molecule has 0 atom stereocenters. The molecular weight excluding hydrogens is 128 g/mol. The topological polar surface area (TPSA) is 38.0 Å². The molecule has 3 nitrogen and oxygen atoms in total. The summed E-state index contributed by atoms with van der Waals surface area (Å²) in [6, 6.07) is 1.79. The van der Waals surface area contributed by atoms with Gasteiger partial charge in [0.2, 0.25) is 0 Å². The molecule has 1 heterocycles. The van der Waals surface area contributed by atoms with E-state index in [0.717, 1.165) is 5.69 Å². The molecule has 3 heteroatoms. The lowest BCUT2D eigenvalue weighted by Gasteiger charge is -1.87. The molecule has 0 saturated heterocycles. The third-order valence-electron chi connectivity index (χ3n) is 1.12. The Balaban J connectivity index is 2.84. The monoisotopic (exact) mass is 136 g/mol. The van der Waals surface area contributed by atoms with Crippen molar-refractivity contribution in [2.45, 2.75) is 0 Å². The van der Waals surface area contributed by atoms with Crippen LogP contribution in [0.1, 0.15) is 5.69 Å². The lowest BCUT2D eigenvalue weighted by Crippen LogP contribution is -1.92. The molecule has 1 aromatic heterocycles. The quantitative estimate of drug-likeness (QED) is 0.500. The molecule has 0 saturated carbocycles. The molecule has 10 heavy (non-hydrogen) atoms. The van der Waals surface area contributed by atoms with E-state index >= 15 is 0 Å². The largest absolute Gasteiger partial charge is 0.384 e. The third-order valence-corrected chi connectivity index (χ3v) is 1.12. The maximum absolute atomic E-state index is 8.35. The van der Waals surface area contributed by atoms with Crippen molar-refractivity contribution >= 4 is 0 Å². The molecule has 1 aromatic rings. The second kappa shape index (κ2) is 3.04. The van der Waals surface area contributed by atoms with Crippen molar-refractivity contribution < 1.29 is 5.11 Å². The average Bonchev–Trinajstić information content (AvgIpc) is 2.31. The van der Waals surface area contributed by atoms with Crippen molar-refractivity contribution in [3.05, 3.63) is 18.0 Å². The van der Waals surface area contributed by atoms with Crippen LogP contribution in [-0.2, 0) is 7.05 Å². The summed E-state index contributed by atoms with van der Waals surface area (Å²) < 4.78 is 1.66. The summed E-state index contributed by atoms with van der Waals surface area (Å²) in [6.07, 6.45) is 1.67. The van der Waals surface area contributed by atoms with Gasteiger partial charge in [-0.25, -0.2) is 0 Å². The fraction of sp³-hybridized carbons (Fsp3) is 0.286. The molecule has 52 valence electrons. The van der Waals surface area contributed by atoms with Gasteiger partial charge in [0, 0.05) is 7.05 Å². The highest BCUT2D eigenvalue weighted by atomic mass is 16.2. The predicted molar refractivity (Wildman–Crippen MR) is 37.2 cm³/mol. The number of aryl methyl sites for hydroxylation is 1. The van der Waals surface area contributed by atoms with E-state index in [1.54, 1.807) is 24.0 Å². The predicted octanol–water partition coefficient (Wildman–Crippen LogP) is -0.236. The third kappa shape index (κ3) is 1.36. The van der Waals surface area contributed by atoms with Gasteiger partial charge in [0.15, 0.2) is 0 Å². The number of hydrogen-bond acceptors (Lipinski definition) is 2. The first-order chi connectivity index (χ1) is 4.84. The van der Waals surface area contributed by atoms with Crippen LogP contribution in [0.4, 0.5) is 0 Å². The Morgan fingerprint density at radius 2 is 2.60 bits per heavy atom. The Morgan fingerprint density at radius 3 is 3.10 bits per heavy atom. The number of aliphatic hydroxyl groups is 1. The second-order valence-electron chi connectivity index (χ2n) is 1.80. The number of rotatable bonds is 0. The van der Waals surface area contributed by atoms with E-state index in [9.17, 15) is 0 Å². The molecule has 0 aliphatic rings. The van der Waals surface area contributed by atoms with E-state index in [4.69, 9.17) is 5.11 Å². The van der Waals surface area contributed by atoms with Gasteiger partial charge < -0.3 is 5.11 Å². The van der Waals surface area contributed by atoms with Crippen molar-refractivity contribution in [2.75, 3.05) is 6.61 Å². The van der Waals surface area contributed by atoms with Gasteiger partial charge in [-0.1, -0.05) is 5.92 Å². The Morgan fingerprint density at radius 1 is 1.80 bits per heavy atom. The van der Waals surface area contributed by atoms with E-state index in [2.05, 4.69) is 16.9 Å². The van der Waals surface area contributed by atoms with E-state index in [0.29, 0.717) is 0 Å². The van der Waals surface area contributed by atoms with Gasteiger partial charge in [-0.3, -0.25) is 4.68 Å². The molecule has 0 aliphatic heterocycles. The van der Waals surface area contributed by atoms with Crippen LogP contribution in [-0.4, -0.2) is 21.5 Å². The van der Waals surface area contributed by atoms with E-state index in [-0.39, 0.29) is 6.61 Å². The van der Waals surface area contributed by atoms with E-state index in [1.807, 2.05) is 0 Å². The summed E-state index contributed by atoms with van der Waals surface area (Å²) in [7, 11) is 1.81. The minimum atomic E-state index is -0.106. The van der Waals surface area contributed by atoms with Gasteiger partial charge in [0.1, 0.15) is 12.3 Å². The highest BCUT2D eigenvalue weighted by Gasteiger charge is 1.89. The van der Waals surface area contributed by atoms with Crippen molar-refractivity contribution in [1.29, 1.82) is 0 Å². The summed E-state index contributed by atoms with van der Waals surface area (Å²) in [5.41, 5.74) is 0.814. The molecule has 0 unspecified atom stereocenters. The van der Waals surface area contributed by atoms with Crippen LogP contribution in [0, 0.1) is 11.8 Å². The smallest absolute Gasteiger partial charge is 0.110 e. The molecule has 1 rings (SSSR count). The zero-order valence-corrected chi connectivity index (χ0v) is 5.70. The summed E-state index contributed by atoms with van der Waals surface area (Å²) in [5, 5.41) is 12.3. The van der Waals surface area contributed by atoms with Gasteiger partial charge >= 0.3 is 0 Å². The highest BCUT2D eigenvalue weighted by Crippen LogP contribution is 1.90. The number of hydrogen-bond donors (Lipinski definition) is 1. The van der Waals surface area contributed by atoms with E-state index < -0.39 is 0 Å². The Labute approximate surface area is 59.3 Å². The maximum atomic E-state index is 8.35. The molecule has 0 aliphatic carbocycles. The van der Waals surface area contributed by atoms with Crippen molar-refractivity contribution in [3.63, 3.8) is 0 Å². The van der Waals surface area contributed by atoms with Crippen molar-refractivity contribution in [3.8, 4) is 11.8 Å². The van der Waals surface area contributed by atoms with Crippen LogP contribution in [0.25, 0.3) is 0 Å². The standard InChI is InChI=1S/C7H8N2O/c1-9-7(3-2-6-10)4-5-8-9/h4-5,10H,6H2,1H3. The van der Waals surface area contributed by atoms with E-state index in [1.165, 1.54) is 0 Å². The summed E-state index contributed by atoms with van der Waals surface area (Å²) >= 11 is 0. The lowest BCUT2D eigenvalue weighted by molar-refractivity contribution is 0.350. The van der Waals surface area contributed by atoms with Crippen LogP contribution in [0.5, 0.6) is 0 Å². The van der Waals surface area contributed by atoms with Crippen LogP contribution >= 0.6 is 0 Å². The van der Waals surface area contributed by atoms with Crippen molar-refractivity contribution in [1.82, 2.24) is 9.78 Å². The second-order valence-corrected chi connectivity index (χ2v) is 1.80. The number of aromatic nitrogens is 2.